The zero-order valence-electron chi connectivity index (χ0n) is 12.3. The molecule has 1 fully saturated rings. The largest absolute Gasteiger partial charge is 0.409 e. The van der Waals surface area contributed by atoms with Crippen LogP contribution in [-0.2, 0) is 9.16 Å². The molecule has 0 aromatic heterocycles. The van der Waals surface area contributed by atoms with Crippen LogP contribution in [-0.4, -0.2) is 45.6 Å². The van der Waals surface area contributed by atoms with E-state index in [1.54, 1.807) is 0 Å². The van der Waals surface area contributed by atoms with Crippen molar-refractivity contribution in [2.24, 2.45) is 0 Å². The average molecular weight is 258 g/mol. The first-order valence-corrected chi connectivity index (χ1v) is 9.52. The maximum atomic E-state index is 10.2. The average Bonchev–Trinajstić information content (AvgIpc) is 2.43. The lowest BCUT2D eigenvalue weighted by molar-refractivity contribution is 0.0286. The Balaban J connectivity index is 2.79. The maximum Gasteiger partial charge on any atom is 0.192 e. The molecule has 100 valence electrons. The highest BCUT2D eigenvalue weighted by Crippen LogP contribution is 2.39. The van der Waals surface area contributed by atoms with Crippen molar-refractivity contribution >= 4 is 16.2 Å². The van der Waals surface area contributed by atoms with E-state index in [0.717, 1.165) is 6.42 Å². The summed E-state index contributed by atoms with van der Waals surface area (Å²) in [6.45, 7) is 13.2. The lowest BCUT2D eigenvalue weighted by Crippen LogP contribution is -2.49. The Kier molecular flexibility index (Phi) is 4.51. The minimum absolute atomic E-state index is 0.0362. The van der Waals surface area contributed by atoms with Gasteiger partial charge in [0.2, 0.25) is 0 Å². The molecule has 0 aromatic carbocycles. The highest BCUT2D eigenvalue weighted by molar-refractivity contribution is 6.74. The van der Waals surface area contributed by atoms with E-state index in [9.17, 15) is 5.11 Å². The molecule has 4 atom stereocenters. The Bertz CT molecular complexity index is 265. The van der Waals surface area contributed by atoms with Crippen molar-refractivity contribution in [3.8, 4) is 0 Å². The van der Waals surface area contributed by atoms with Crippen LogP contribution in [0, 0.1) is 0 Å². The van der Waals surface area contributed by atoms with Gasteiger partial charge in [-0.25, -0.2) is 0 Å². The smallest absolute Gasteiger partial charge is 0.192 e. The van der Waals surface area contributed by atoms with E-state index >= 15 is 0 Å². The van der Waals surface area contributed by atoms with Gasteiger partial charge < -0.3 is 14.3 Å². The van der Waals surface area contributed by atoms with Gasteiger partial charge in [-0.2, -0.15) is 0 Å². The van der Waals surface area contributed by atoms with Crippen LogP contribution >= 0.6 is 0 Å². The summed E-state index contributed by atoms with van der Waals surface area (Å²) in [7, 11) is 0.0796. The van der Waals surface area contributed by atoms with Gasteiger partial charge in [0.15, 0.2) is 8.32 Å². The van der Waals surface area contributed by atoms with E-state index in [1.165, 1.54) is 0 Å². The summed E-state index contributed by atoms with van der Waals surface area (Å²) in [6.07, 6.45) is 0.278. The predicted molar refractivity (Wildman–Crippen MR) is 75.6 cm³/mol. The molecule has 3 nitrogen and oxygen atoms in total. The molecule has 5 heteroatoms. The monoisotopic (exact) mass is 258 g/mol. The molecule has 1 unspecified atom stereocenters. The zero-order chi connectivity index (χ0) is 13.4. The Morgan fingerprint density at radius 3 is 2.29 bits per heavy atom. The molecule has 1 heterocycles. The third-order valence-electron chi connectivity index (χ3n) is 4.21. The fraction of sp³-hybridized carbons (Fsp3) is 1.00. The molecule has 17 heavy (non-hydrogen) atoms. The van der Waals surface area contributed by atoms with Crippen molar-refractivity contribution < 1.29 is 14.3 Å². The Morgan fingerprint density at radius 1 is 1.35 bits per heavy atom. The standard InChI is InChI=1S/C12H27BO3Si/c1-7-8-10(9(14)11(13)15-8)16-17(5,6)12(2,3)4/h8-11,14H,7,13H2,1-6H3/t8-,9?,10+,11-/m1/s1. The molecule has 1 aliphatic rings. The summed E-state index contributed by atoms with van der Waals surface area (Å²) in [5, 5.41) is 10.3. The lowest BCUT2D eigenvalue weighted by Gasteiger charge is -2.40. The number of aliphatic hydroxyl groups is 1. The van der Waals surface area contributed by atoms with E-state index in [-0.39, 0.29) is 23.2 Å². The molecule has 1 saturated heterocycles. The Labute approximate surface area is 107 Å². The first kappa shape index (κ1) is 15.2. The quantitative estimate of drug-likeness (QED) is 0.780. The molecule has 1 N–H and O–H groups in total. The molecule has 0 amide bonds. The molecule has 0 saturated carbocycles. The minimum atomic E-state index is -1.84. The van der Waals surface area contributed by atoms with Crippen molar-refractivity contribution in [2.75, 3.05) is 0 Å². The summed E-state index contributed by atoms with van der Waals surface area (Å²) in [5.41, 5.74) is 0. The van der Waals surface area contributed by atoms with Crippen molar-refractivity contribution in [1.82, 2.24) is 0 Å². The van der Waals surface area contributed by atoms with E-state index in [2.05, 4.69) is 40.8 Å². The van der Waals surface area contributed by atoms with Crippen LogP contribution in [0.5, 0.6) is 0 Å². The summed E-state index contributed by atoms with van der Waals surface area (Å²) in [5.74, 6) is 0. The van der Waals surface area contributed by atoms with Crippen LogP contribution in [0.25, 0.3) is 0 Å². The highest BCUT2D eigenvalue weighted by atomic mass is 28.4. The maximum absolute atomic E-state index is 10.2. The fourth-order valence-electron chi connectivity index (χ4n) is 1.91. The van der Waals surface area contributed by atoms with Gasteiger partial charge in [-0.3, -0.25) is 0 Å². The van der Waals surface area contributed by atoms with Crippen LogP contribution in [0.4, 0.5) is 0 Å². The van der Waals surface area contributed by atoms with Crippen LogP contribution in [0.3, 0.4) is 0 Å². The molecule has 0 bridgehead atoms. The van der Waals surface area contributed by atoms with Gasteiger partial charge in [0, 0.05) is 0 Å². The van der Waals surface area contributed by atoms with Crippen LogP contribution in [0.2, 0.25) is 18.1 Å². The van der Waals surface area contributed by atoms with Crippen molar-refractivity contribution in [1.29, 1.82) is 0 Å². The molecular weight excluding hydrogens is 231 g/mol. The molecule has 0 aliphatic carbocycles. The minimum Gasteiger partial charge on any atom is -0.409 e. The molecule has 1 rings (SSSR count). The Hall–Kier alpha value is 0.162. The van der Waals surface area contributed by atoms with Gasteiger partial charge in [0.05, 0.1) is 24.3 Å². The molecule has 0 aromatic rings. The molecule has 1 aliphatic heterocycles. The predicted octanol–water partition coefficient (Wildman–Crippen LogP) is 1.51. The summed E-state index contributed by atoms with van der Waals surface area (Å²) >= 11 is 0. The van der Waals surface area contributed by atoms with E-state index in [1.807, 2.05) is 7.85 Å². The summed E-state index contributed by atoms with van der Waals surface area (Å²) in [4.78, 5) is 0. The van der Waals surface area contributed by atoms with Crippen LogP contribution < -0.4 is 0 Å². The zero-order valence-corrected chi connectivity index (χ0v) is 13.3. The van der Waals surface area contributed by atoms with E-state index in [4.69, 9.17) is 9.16 Å². The van der Waals surface area contributed by atoms with Gasteiger partial charge >= 0.3 is 0 Å². The van der Waals surface area contributed by atoms with Gasteiger partial charge in [0.1, 0.15) is 7.85 Å². The van der Waals surface area contributed by atoms with Gasteiger partial charge in [-0.1, -0.05) is 27.7 Å². The topological polar surface area (TPSA) is 38.7 Å². The number of aliphatic hydroxyl groups excluding tert-OH is 1. The second-order valence-corrected chi connectivity index (χ2v) is 11.4. The van der Waals surface area contributed by atoms with Gasteiger partial charge in [0.25, 0.3) is 0 Å². The first-order chi connectivity index (χ1) is 7.60. The van der Waals surface area contributed by atoms with Crippen molar-refractivity contribution in [3.05, 3.63) is 0 Å². The normalized spacial score (nSPS) is 35.2. The number of hydrogen-bond donors (Lipinski definition) is 1. The highest BCUT2D eigenvalue weighted by Gasteiger charge is 2.47. The second-order valence-electron chi connectivity index (χ2n) is 6.62. The molecular formula is C12H27BO3Si. The van der Waals surface area contributed by atoms with E-state index in [0.29, 0.717) is 0 Å². The fourth-order valence-corrected chi connectivity index (χ4v) is 3.24. The van der Waals surface area contributed by atoms with Crippen LogP contribution in [0.15, 0.2) is 0 Å². The SMILES string of the molecule is B[C@@H]1O[C@H](CC)[C@H](O[Si](C)(C)C(C)(C)C)C1O. The van der Waals surface area contributed by atoms with Gasteiger partial charge in [-0.05, 0) is 24.6 Å². The van der Waals surface area contributed by atoms with E-state index < -0.39 is 14.4 Å². The van der Waals surface area contributed by atoms with Gasteiger partial charge in [-0.15, -0.1) is 0 Å². The van der Waals surface area contributed by atoms with Crippen LogP contribution in [0.1, 0.15) is 34.1 Å². The summed E-state index contributed by atoms with van der Waals surface area (Å²) in [6, 6.07) is -0.116. The van der Waals surface area contributed by atoms with Crippen molar-refractivity contribution in [2.45, 2.75) is 76.6 Å². The number of ether oxygens (including phenoxy) is 1. The Morgan fingerprint density at radius 2 is 1.88 bits per heavy atom. The number of rotatable bonds is 3. The second kappa shape index (κ2) is 5.04. The molecule has 0 spiro atoms. The third-order valence-corrected chi connectivity index (χ3v) is 8.69. The molecule has 0 radical (unpaired) electrons. The number of hydrogen-bond acceptors (Lipinski definition) is 3. The lowest BCUT2D eigenvalue weighted by atomic mass is 9.93. The van der Waals surface area contributed by atoms with Crippen molar-refractivity contribution in [3.63, 3.8) is 0 Å². The summed E-state index contributed by atoms with van der Waals surface area (Å²) < 4.78 is 12.1. The first-order valence-electron chi connectivity index (χ1n) is 6.61. The third kappa shape index (κ3) is 3.13.